The minimum absolute atomic E-state index is 0.607. The average Bonchev–Trinajstić information content (AvgIpc) is 2.19. The van der Waals surface area contributed by atoms with Crippen LogP contribution in [0.15, 0.2) is 0 Å². The molecule has 2 nitrogen and oxygen atoms in total. The molecular weight excluding hydrogens is 176 g/mol. The van der Waals surface area contributed by atoms with Gasteiger partial charge < -0.3 is 9.47 Å². The van der Waals surface area contributed by atoms with Crippen LogP contribution in [-0.4, -0.2) is 19.0 Å². The van der Waals surface area contributed by atoms with Gasteiger partial charge in [-0.25, -0.2) is 0 Å². The Morgan fingerprint density at radius 1 is 0.929 bits per heavy atom. The Morgan fingerprint density at radius 3 is 1.64 bits per heavy atom. The van der Waals surface area contributed by atoms with E-state index < -0.39 is 5.79 Å². The van der Waals surface area contributed by atoms with Crippen LogP contribution in [0.5, 0.6) is 0 Å². The zero-order valence-electron chi connectivity index (χ0n) is 9.97. The molecule has 0 atom stereocenters. The summed E-state index contributed by atoms with van der Waals surface area (Å²) in [5, 5.41) is 0. The molecule has 0 saturated carbocycles. The SMILES string of the molecule is [CH2]C(CC)(OCCCC)OCCCC. The molecule has 0 aliphatic heterocycles. The van der Waals surface area contributed by atoms with Crippen molar-refractivity contribution in [1.29, 1.82) is 0 Å². The van der Waals surface area contributed by atoms with Crippen LogP contribution in [0.1, 0.15) is 52.9 Å². The van der Waals surface area contributed by atoms with Gasteiger partial charge in [0.25, 0.3) is 0 Å². The van der Waals surface area contributed by atoms with Gasteiger partial charge in [0.2, 0.25) is 0 Å². The Kier molecular flexibility index (Phi) is 8.20. The standard InChI is InChI=1S/C12H25O2/c1-5-8-10-13-12(4,7-3)14-11-9-6-2/h4-11H2,1-3H3. The lowest BCUT2D eigenvalue weighted by atomic mass is 10.2. The lowest BCUT2D eigenvalue weighted by Gasteiger charge is -2.28. The summed E-state index contributed by atoms with van der Waals surface area (Å²) in [5.74, 6) is -0.607. The lowest BCUT2D eigenvalue weighted by Crippen LogP contribution is -2.32. The highest BCUT2D eigenvalue weighted by atomic mass is 16.7. The van der Waals surface area contributed by atoms with Crippen LogP contribution in [0.2, 0.25) is 0 Å². The van der Waals surface area contributed by atoms with Crippen molar-refractivity contribution in [2.45, 2.75) is 58.7 Å². The summed E-state index contributed by atoms with van der Waals surface area (Å²) in [4.78, 5) is 0. The molecule has 2 heteroatoms. The number of hydrogen-bond acceptors (Lipinski definition) is 2. The fourth-order valence-corrected chi connectivity index (χ4v) is 1.05. The molecule has 0 amide bonds. The molecule has 0 unspecified atom stereocenters. The smallest absolute Gasteiger partial charge is 0.168 e. The van der Waals surface area contributed by atoms with E-state index in [1.807, 2.05) is 6.92 Å². The summed E-state index contributed by atoms with van der Waals surface area (Å²) in [7, 11) is 0. The molecule has 1 radical (unpaired) electrons. The summed E-state index contributed by atoms with van der Waals surface area (Å²) in [5.41, 5.74) is 0. The highest BCUT2D eigenvalue weighted by Gasteiger charge is 2.22. The van der Waals surface area contributed by atoms with Gasteiger partial charge >= 0.3 is 0 Å². The summed E-state index contributed by atoms with van der Waals surface area (Å²) in [6, 6.07) is 0. The predicted molar refractivity (Wildman–Crippen MR) is 60.1 cm³/mol. The summed E-state index contributed by atoms with van der Waals surface area (Å²) < 4.78 is 11.3. The third-order valence-corrected chi connectivity index (χ3v) is 2.26. The molecule has 0 bridgehead atoms. The van der Waals surface area contributed by atoms with Crippen molar-refractivity contribution in [1.82, 2.24) is 0 Å². The molecule has 14 heavy (non-hydrogen) atoms. The first kappa shape index (κ1) is 13.9. The maximum atomic E-state index is 5.63. The van der Waals surface area contributed by atoms with Crippen LogP contribution >= 0.6 is 0 Å². The van der Waals surface area contributed by atoms with Gasteiger partial charge in [0, 0.05) is 6.92 Å². The van der Waals surface area contributed by atoms with E-state index in [2.05, 4.69) is 20.8 Å². The van der Waals surface area contributed by atoms with Crippen molar-refractivity contribution in [3.63, 3.8) is 0 Å². The fourth-order valence-electron chi connectivity index (χ4n) is 1.05. The highest BCUT2D eigenvalue weighted by Crippen LogP contribution is 2.17. The largest absolute Gasteiger partial charge is 0.350 e. The van der Waals surface area contributed by atoms with Gasteiger partial charge in [-0.05, 0) is 19.3 Å². The van der Waals surface area contributed by atoms with Crippen molar-refractivity contribution in [2.75, 3.05) is 13.2 Å². The zero-order valence-corrected chi connectivity index (χ0v) is 9.97. The number of hydrogen-bond donors (Lipinski definition) is 0. The van der Waals surface area contributed by atoms with Gasteiger partial charge in [-0.3, -0.25) is 0 Å². The minimum Gasteiger partial charge on any atom is -0.350 e. The molecule has 0 saturated heterocycles. The second-order valence-electron chi connectivity index (χ2n) is 3.67. The van der Waals surface area contributed by atoms with Crippen molar-refractivity contribution < 1.29 is 9.47 Å². The Balaban J connectivity index is 3.67. The van der Waals surface area contributed by atoms with E-state index in [0.717, 1.165) is 45.3 Å². The van der Waals surface area contributed by atoms with E-state index in [1.54, 1.807) is 0 Å². The summed E-state index contributed by atoms with van der Waals surface area (Å²) in [6.07, 6.45) is 5.26. The minimum atomic E-state index is -0.607. The van der Waals surface area contributed by atoms with E-state index in [9.17, 15) is 0 Å². The molecular formula is C12H25O2. The van der Waals surface area contributed by atoms with Gasteiger partial charge in [-0.2, -0.15) is 0 Å². The summed E-state index contributed by atoms with van der Waals surface area (Å²) >= 11 is 0. The molecule has 0 spiro atoms. The molecule has 0 aliphatic rings. The molecule has 0 rings (SSSR count). The molecule has 85 valence electrons. The molecule has 0 fully saturated rings. The van der Waals surface area contributed by atoms with Gasteiger partial charge in [0.1, 0.15) is 0 Å². The maximum absolute atomic E-state index is 5.63. The zero-order chi connectivity index (χ0) is 10.9. The molecule has 0 aromatic rings. The third kappa shape index (κ3) is 6.39. The van der Waals surface area contributed by atoms with Crippen LogP contribution in [0.3, 0.4) is 0 Å². The predicted octanol–water partition coefficient (Wildman–Crippen LogP) is 3.56. The second kappa shape index (κ2) is 8.25. The Bertz CT molecular complexity index is 113. The first-order valence-corrected chi connectivity index (χ1v) is 5.81. The van der Waals surface area contributed by atoms with Crippen LogP contribution in [0.4, 0.5) is 0 Å². The summed E-state index contributed by atoms with van der Waals surface area (Å²) in [6.45, 7) is 11.8. The van der Waals surface area contributed by atoms with Gasteiger partial charge in [0.05, 0.1) is 13.2 Å². The second-order valence-corrected chi connectivity index (χ2v) is 3.67. The van der Waals surface area contributed by atoms with E-state index in [4.69, 9.17) is 9.47 Å². The quantitative estimate of drug-likeness (QED) is 0.419. The maximum Gasteiger partial charge on any atom is 0.168 e. The van der Waals surface area contributed by atoms with Crippen molar-refractivity contribution in [2.24, 2.45) is 0 Å². The van der Waals surface area contributed by atoms with Gasteiger partial charge in [0.15, 0.2) is 5.79 Å². The van der Waals surface area contributed by atoms with E-state index in [1.165, 1.54) is 0 Å². The first-order valence-electron chi connectivity index (χ1n) is 5.81. The number of rotatable bonds is 9. The van der Waals surface area contributed by atoms with E-state index in [-0.39, 0.29) is 0 Å². The highest BCUT2D eigenvalue weighted by molar-refractivity contribution is 4.70. The Morgan fingerprint density at radius 2 is 1.36 bits per heavy atom. The topological polar surface area (TPSA) is 18.5 Å². The van der Waals surface area contributed by atoms with Crippen LogP contribution in [0, 0.1) is 6.92 Å². The molecule has 0 aliphatic carbocycles. The van der Waals surface area contributed by atoms with E-state index >= 15 is 0 Å². The molecule has 0 aromatic carbocycles. The van der Waals surface area contributed by atoms with Crippen LogP contribution in [0.25, 0.3) is 0 Å². The van der Waals surface area contributed by atoms with Crippen LogP contribution in [-0.2, 0) is 9.47 Å². The van der Waals surface area contributed by atoms with Gasteiger partial charge in [-0.15, -0.1) is 0 Å². The average molecular weight is 201 g/mol. The van der Waals surface area contributed by atoms with Crippen molar-refractivity contribution in [3.05, 3.63) is 6.92 Å². The normalized spacial score (nSPS) is 12.0. The van der Waals surface area contributed by atoms with Gasteiger partial charge in [-0.1, -0.05) is 33.6 Å². The fraction of sp³-hybridized carbons (Fsp3) is 0.917. The first-order chi connectivity index (χ1) is 6.68. The molecule has 0 N–H and O–H groups in total. The Labute approximate surface area is 89.0 Å². The van der Waals surface area contributed by atoms with E-state index in [0.29, 0.717) is 0 Å². The lowest BCUT2D eigenvalue weighted by molar-refractivity contribution is -0.209. The van der Waals surface area contributed by atoms with Crippen molar-refractivity contribution >= 4 is 0 Å². The number of ether oxygens (including phenoxy) is 2. The van der Waals surface area contributed by atoms with Crippen molar-refractivity contribution in [3.8, 4) is 0 Å². The Hall–Kier alpha value is -0.0800. The molecule has 0 heterocycles. The monoisotopic (exact) mass is 201 g/mol. The van der Waals surface area contributed by atoms with Crippen LogP contribution < -0.4 is 0 Å². The third-order valence-electron chi connectivity index (χ3n) is 2.26. The number of unbranched alkanes of at least 4 members (excludes halogenated alkanes) is 2. The molecule has 0 aromatic heterocycles.